The number of carbonyl (C=O) groups is 1. The first-order valence-electron chi connectivity index (χ1n) is 10.7. The lowest BCUT2D eigenvalue weighted by atomic mass is 10.1. The highest BCUT2D eigenvalue weighted by molar-refractivity contribution is 6.31. The van der Waals surface area contributed by atoms with E-state index < -0.39 is 0 Å². The van der Waals surface area contributed by atoms with Crippen molar-refractivity contribution in [2.24, 2.45) is 0 Å². The van der Waals surface area contributed by atoms with Gasteiger partial charge in [0, 0.05) is 49.2 Å². The summed E-state index contributed by atoms with van der Waals surface area (Å²) >= 11 is 6.28. The Bertz CT molecular complexity index is 1190. The fraction of sp³-hybridized carbons (Fsp3) is 0.375. The van der Waals surface area contributed by atoms with E-state index >= 15 is 0 Å². The third kappa shape index (κ3) is 4.67. The molecule has 1 aliphatic rings. The summed E-state index contributed by atoms with van der Waals surface area (Å²) in [5.41, 5.74) is 2.52. The van der Waals surface area contributed by atoms with Crippen LogP contribution in [0.3, 0.4) is 0 Å². The first-order valence-corrected chi connectivity index (χ1v) is 11.1. The molecular formula is C24H28ClN5O3. The first-order chi connectivity index (χ1) is 15.8. The molecule has 0 bridgehead atoms. The van der Waals surface area contributed by atoms with E-state index in [2.05, 4.69) is 15.3 Å². The van der Waals surface area contributed by atoms with Crippen LogP contribution in [-0.2, 0) is 4.79 Å². The standard InChI is InChI=1S/C24H28ClN5O3/c1-14-17(25)7-6-8-18(14)28-23-16-10-22(21(32-5)11-19(16)26-13-27-23)33-15-9-20(30(4)12-15)24(31)29(2)3/h6-8,10-11,13,15,20H,9,12H2,1-5H3,(H,26,27,28)/t15-,20+/m0/s1. The molecule has 1 saturated heterocycles. The minimum Gasteiger partial charge on any atom is -0.493 e. The summed E-state index contributed by atoms with van der Waals surface area (Å²) in [6.07, 6.45) is 1.97. The smallest absolute Gasteiger partial charge is 0.239 e. The van der Waals surface area contributed by atoms with Crippen molar-refractivity contribution in [3.63, 3.8) is 0 Å². The van der Waals surface area contributed by atoms with E-state index in [1.165, 1.54) is 6.33 Å². The first kappa shape index (κ1) is 23.1. The van der Waals surface area contributed by atoms with Crippen LogP contribution in [0.5, 0.6) is 11.5 Å². The van der Waals surface area contributed by atoms with Crippen LogP contribution in [0.4, 0.5) is 11.5 Å². The van der Waals surface area contributed by atoms with Crippen molar-refractivity contribution in [3.05, 3.63) is 47.2 Å². The van der Waals surface area contributed by atoms with Gasteiger partial charge in [0.05, 0.1) is 18.7 Å². The van der Waals surface area contributed by atoms with Crippen molar-refractivity contribution in [2.75, 3.05) is 40.1 Å². The van der Waals surface area contributed by atoms with Gasteiger partial charge in [-0.15, -0.1) is 0 Å². The van der Waals surface area contributed by atoms with Crippen LogP contribution in [0.25, 0.3) is 10.9 Å². The van der Waals surface area contributed by atoms with Crippen LogP contribution in [0.1, 0.15) is 12.0 Å². The molecule has 174 valence electrons. The number of hydrogen-bond acceptors (Lipinski definition) is 7. The predicted molar refractivity (Wildman–Crippen MR) is 130 cm³/mol. The fourth-order valence-electron chi connectivity index (χ4n) is 4.09. The number of hydrogen-bond donors (Lipinski definition) is 1. The van der Waals surface area contributed by atoms with Crippen LogP contribution in [-0.4, -0.2) is 72.6 Å². The minimum absolute atomic E-state index is 0.0749. The molecule has 0 aliphatic carbocycles. The van der Waals surface area contributed by atoms with E-state index in [4.69, 9.17) is 21.1 Å². The Kier molecular flexibility index (Phi) is 6.58. The van der Waals surface area contributed by atoms with Crippen molar-refractivity contribution in [1.29, 1.82) is 0 Å². The average Bonchev–Trinajstić information content (AvgIpc) is 3.16. The third-order valence-electron chi connectivity index (χ3n) is 5.97. The normalized spacial score (nSPS) is 18.4. The number of likely N-dealkylation sites (tertiary alicyclic amines) is 1. The Morgan fingerprint density at radius 3 is 2.76 bits per heavy atom. The second kappa shape index (κ2) is 9.41. The lowest BCUT2D eigenvalue weighted by Gasteiger charge is -2.21. The lowest BCUT2D eigenvalue weighted by molar-refractivity contribution is -0.133. The number of aromatic nitrogens is 2. The van der Waals surface area contributed by atoms with Crippen molar-refractivity contribution in [2.45, 2.75) is 25.5 Å². The summed E-state index contributed by atoms with van der Waals surface area (Å²) in [5, 5.41) is 4.83. The summed E-state index contributed by atoms with van der Waals surface area (Å²) < 4.78 is 11.9. The molecule has 9 heteroatoms. The number of amides is 1. The Hall–Kier alpha value is -3.10. The SMILES string of the molecule is COc1cc2ncnc(Nc3cccc(Cl)c3C)c2cc1O[C@H]1C[C@H](C(=O)N(C)C)N(C)C1. The second-order valence-corrected chi connectivity index (χ2v) is 8.85. The lowest BCUT2D eigenvalue weighted by Crippen LogP contribution is -2.40. The maximum atomic E-state index is 12.5. The van der Waals surface area contributed by atoms with Gasteiger partial charge in [-0.25, -0.2) is 9.97 Å². The third-order valence-corrected chi connectivity index (χ3v) is 6.38. The number of methoxy groups -OCH3 is 1. The molecule has 1 aromatic heterocycles. The summed E-state index contributed by atoms with van der Waals surface area (Å²) in [6, 6.07) is 9.21. The highest BCUT2D eigenvalue weighted by Gasteiger charge is 2.36. The number of benzene rings is 2. The molecule has 4 rings (SSSR count). The Morgan fingerprint density at radius 2 is 2.03 bits per heavy atom. The number of rotatable bonds is 6. The molecule has 0 spiro atoms. The van der Waals surface area contributed by atoms with E-state index in [1.807, 2.05) is 49.2 Å². The number of carbonyl (C=O) groups excluding carboxylic acids is 1. The maximum absolute atomic E-state index is 12.5. The summed E-state index contributed by atoms with van der Waals surface area (Å²) in [7, 11) is 7.08. The zero-order valence-corrected chi connectivity index (χ0v) is 20.2. The molecule has 1 N–H and O–H groups in total. The molecule has 1 amide bonds. The molecule has 2 heterocycles. The van der Waals surface area contributed by atoms with E-state index in [1.54, 1.807) is 26.1 Å². The predicted octanol–water partition coefficient (Wildman–Crippen LogP) is 3.88. The van der Waals surface area contributed by atoms with Gasteiger partial charge in [-0.05, 0) is 37.7 Å². The molecule has 0 saturated carbocycles. The highest BCUT2D eigenvalue weighted by atomic mass is 35.5. The topological polar surface area (TPSA) is 79.8 Å². The zero-order chi connectivity index (χ0) is 23.7. The second-order valence-electron chi connectivity index (χ2n) is 8.44. The van der Waals surface area contributed by atoms with Crippen LogP contribution >= 0.6 is 11.6 Å². The average molecular weight is 470 g/mol. The molecule has 2 aromatic carbocycles. The number of halogens is 1. The molecule has 0 unspecified atom stereocenters. The van der Waals surface area contributed by atoms with Crippen LogP contribution < -0.4 is 14.8 Å². The van der Waals surface area contributed by atoms with Gasteiger partial charge in [0.25, 0.3) is 0 Å². The van der Waals surface area contributed by atoms with Gasteiger partial charge in [-0.3, -0.25) is 9.69 Å². The van der Waals surface area contributed by atoms with Gasteiger partial charge >= 0.3 is 0 Å². The number of fused-ring (bicyclic) bond motifs is 1. The molecule has 1 aliphatic heterocycles. The van der Waals surface area contributed by atoms with Crippen molar-refractivity contribution < 1.29 is 14.3 Å². The highest BCUT2D eigenvalue weighted by Crippen LogP contribution is 2.37. The Morgan fingerprint density at radius 1 is 1.24 bits per heavy atom. The number of likely N-dealkylation sites (N-methyl/N-ethyl adjacent to an activating group) is 2. The molecule has 33 heavy (non-hydrogen) atoms. The summed E-state index contributed by atoms with van der Waals surface area (Å²) in [6.45, 7) is 2.59. The Balaban J connectivity index is 1.65. The monoisotopic (exact) mass is 469 g/mol. The van der Waals surface area contributed by atoms with Crippen LogP contribution in [0.15, 0.2) is 36.7 Å². The molecule has 2 atom stereocenters. The van der Waals surface area contributed by atoms with E-state index in [0.29, 0.717) is 35.3 Å². The van der Waals surface area contributed by atoms with E-state index in [0.717, 1.165) is 22.2 Å². The summed E-state index contributed by atoms with van der Waals surface area (Å²) in [5.74, 6) is 1.88. The quantitative estimate of drug-likeness (QED) is 0.586. The van der Waals surface area contributed by atoms with Gasteiger partial charge in [0.2, 0.25) is 5.91 Å². The maximum Gasteiger partial charge on any atom is 0.239 e. The molecule has 3 aromatic rings. The Labute approximate surface area is 198 Å². The van der Waals surface area contributed by atoms with E-state index in [9.17, 15) is 4.79 Å². The molecule has 8 nitrogen and oxygen atoms in total. The van der Waals surface area contributed by atoms with Crippen molar-refractivity contribution >= 4 is 39.9 Å². The number of nitrogens with zero attached hydrogens (tertiary/aromatic N) is 4. The van der Waals surface area contributed by atoms with Gasteiger partial charge in [0.1, 0.15) is 18.2 Å². The largest absolute Gasteiger partial charge is 0.493 e. The van der Waals surface area contributed by atoms with Crippen LogP contribution in [0, 0.1) is 6.92 Å². The van der Waals surface area contributed by atoms with Gasteiger partial charge in [0.15, 0.2) is 11.5 Å². The summed E-state index contributed by atoms with van der Waals surface area (Å²) in [4.78, 5) is 25.0. The number of ether oxygens (including phenoxy) is 2. The molecular weight excluding hydrogens is 442 g/mol. The van der Waals surface area contributed by atoms with E-state index in [-0.39, 0.29) is 18.1 Å². The molecule has 1 fully saturated rings. The zero-order valence-electron chi connectivity index (χ0n) is 19.4. The fourth-order valence-corrected chi connectivity index (χ4v) is 4.26. The van der Waals surface area contributed by atoms with Gasteiger partial charge in [-0.1, -0.05) is 17.7 Å². The number of anilines is 2. The van der Waals surface area contributed by atoms with Crippen molar-refractivity contribution in [3.8, 4) is 11.5 Å². The number of nitrogens with one attached hydrogen (secondary N) is 1. The van der Waals surface area contributed by atoms with Gasteiger partial charge < -0.3 is 19.7 Å². The minimum atomic E-state index is -0.206. The van der Waals surface area contributed by atoms with Crippen molar-refractivity contribution in [1.82, 2.24) is 19.8 Å². The van der Waals surface area contributed by atoms with Crippen LogP contribution in [0.2, 0.25) is 5.02 Å². The van der Waals surface area contributed by atoms with Gasteiger partial charge in [-0.2, -0.15) is 0 Å². The molecule has 0 radical (unpaired) electrons.